The molecule has 4 aromatic heterocycles. The van der Waals surface area contributed by atoms with Gasteiger partial charge < -0.3 is 20.1 Å². The lowest BCUT2D eigenvalue weighted by Crippen LogP contribution is -2.37. The largest absolute Gasteiger partial charge is 0.389 e. The lowest BCUT2D eigenvalue weighted by molar-refractivity contribution is -0.130. The van der Waals surface area contributed by atoms with E-state index >= 15 is 0 Å². The Labute approximate surface area is 211 Å². The zero-order chi connectivity index (χ0) is 25.3. The highest BCUT2D eigenvalue weighted by Crippen LogP contribution is 2.68. The van der Waals surface area contributed by atoms with Crippen molar-refractivity contribution in [1.29, 1.82) is 0 Å². The molecule has 190 valence electrons. The minimum Gasteiger partial charge on any atom is -0.389 e. The van der Waals surface area contributed by atoms with E-state index in [1.165, 1.54) is 17.5 Å². The Morgan fingerprint density at radius 3 is 2.76 bits per heavy atom. The quantitative estimate of drug-likeness (QED) is 0.313. The number of aromatic nitrogens is 9. The predicted octanol–water partition coefficient (Wildman–Crippen LogP) is 0.948. The fourth-order valence-electron chi connectivity index (χ4n) is 5.78. The van der Waals surface area contributed by atoms with Crippen LogP contribution in [0, 0.1) is 17.3 Å². The first-order valence-electron chi connectivity index (χ1n) is 12.6. The first kappa shape index (κ1) is 22.4. The topological polar surface area (TPSA) is 170 Å². The summed E-state index contributed by atoms with van der Waals surface area (Å²) in [5, 5.41) is 33.7. The van der Waals surface area contributed by atoms with Crippen molar-refractivity contribution in [2.24, 2.45) is 17.3 Å². The van der Waals surface area contributed by atoms with E-state index < -0.39 is 23.7 Å². The Balaban J connectivity index is 1.31. The molecule has 5 atom stereocenters. The van der Waals surface area contributed by atoms with E-state index in [1.54, 1.807) is 42.5 Å². The molecule has 3 aliphatic carbocycles. The van der Waals surface area contributed by atoms with Gasteiger partial charge in [0, 0.05) is 25.4 Å². The Hall–Kier alpha value is -3.84. The minimum atomic E-state index is -1.12. The highest BCUT2D eigenvalue weighted by molar-refractivity contribution is 5.90. The van der Waals surface area contributed by atoms with Gasteiger partial charge in [0.25, 0.3) is 5.95 Å². The molecule has 4 aromatic rings. The van der Waals surface area contributed by atoms with Crippen LogP contribution in [0.2, 0.25) is 0 Å². The monoisotopic (exact) mass is 502 g/mol. The average molecular weight is 503 g/mol. The Bertz CT molecular complexity index is 1500. The maximum Gasteiger partial charge on any atom is 0.256 e. The normalized spacial score (nSPS) is 28.4. The second-order valence-corrected chi connectivity index (χ2v) is 10.2. The van der Waals surface area contributed by atoms with Gasteiger partial charge in [-0.2, -0.15) is 14.6 Å². The smallest absolute Gasteiger partial charge is 0.256 e. The van der Waals surface area contributed by atoms with Crippen molar-refractivity contribution in [3.05, 3.63) is 31.0 Å². The SMILES string of the molecule is CCC(=O)[C@@]12C[C@@H]1[C@@H](n1cnc3c(NCC4CC4)nc(-n4cc(-c5ncccn5)nn4)nc31)[C@@H](O)C2O. The molecule has 0 saturated heterocycles. The van der Waals surface area contributed by atoms with Gasteiger partial charge in [0.15, 0.2) is 28.5 Å². The lowest BCUT2D eigenvalue weighted by Gasteiger charge is -2.23. The molecule has 0 spiro atoms. The summed E-state index contributed by atoms with van der Waals surface area (Å²) in [6, 6.07) is 1.19. The second-order valence-electron chi connectivity index (χ2n) is 10.2. The molecule has 7 rings (SSSR count). The fraction of sp³-hybridized carbons (Fsp3) is 0.500. The van der Waals surface area contributed by atoms with Crippen LogP contribution in [0.1, 0.15) is 38.6 Å². The maximum absolute atomic E-state index is 12.7. The van der Waals surface area contributed by atoms with Crippen molar-refractivity contribution in [3.63, 3.8) is 0 Å². The van der Waals surface area contributed by atoms with Crippen LogP contribution in [-0.4, -0.2) is 79.2 Å². The number of carbonyl (C=O) groups is 1. The van der Waals surface area contributed by atoms with Gasteiger partial charge in [0.05, 0.1) is 30.1 Å². The van der Waals surface area contributed by atoms with Crippen molar-refractivity contribution in [2.45, 2.75) is 50.9 Å². The molecule has 0 bridgehead atoms. The molecule has 13 heteroatoms. The molecule has 3 N–H and O–H groups in total. The molecule has 0 aliphatic heterocycles. The van der Waals surface area contributed by atoms with Gasteiger partial charge in [-0.1, -0.05) is 12.1 Å². The first-order valence-corrected chi connectivity index (χ1v) is 12.6. The summed E-state index contributed by atoms with van der Waals surface area (Å²) < 4.78 is 3.23. The number of aliphatic hydroxyl groups is 2. The minimum absolute atomic E-state index is 0.0173. The number of imidazole rings is 1. The van der Waals surface area contributed by atoms with E-state index in [1.807, 2.05) is 0 Å². The third kappa shape index (κ3) is 3.37. The summed E-state index contributed by atoms with van der Waals surface area (Å²) in [4.78, 5) is 35.2. The zero-order valence-electron chi connectivity index (χ0n) is 20.1. The zero-order valence-corrected chi connectivity index (χ0v) is 20.1. The predicted molar refractivity (Wildman–Crippen MR) is 129 cm³/mol. The summed E-state index contributed by atoms with van der Waals surface area (Å²) in [5.74, 6) is 1.65. The van der Waals surface area contributed by atoms with Crippen LogP contribution in [0.15, 0.2) is 31.0 Å². The number of nitrogens with one attached hydrogen (secondary N) is 1. The van der Waals surface area contributed by atoms with Gasteiger partial charge in [-0.05, 0) is 37.2 Å². The van der Waals surface area contributed by atoms with E-state index in [2.05, 4.69) is 30.6 Å². The van der Waals surface area contributed by atoms with Gasteiger partial charge in [0.1, 0.15) is 11.9 Å². The van der Waals surface area contributed by atoms with Gasteiger partial charge in [-0.15, -0.1) is 5.10 Å². The molecule has 13 nitrogen and oxygen atoms in total. The number of anilines is 1. The summed E-state index contributed by atoms with van der Waals surface area (Å²) in [6.45, 7) is 2.55. The highest BCUT2D eigenvalue weighted by atomic mass is 16.3. The second kappa shape index (κ2) is 8.08. The molecule has 0 radical (unpaired) electrons. The number of aliphatic hydroxyl groups excluding tert-OH is 2. The van der Waals surface area contributed by atoms with E-state index in [4.69, 9.17) is 9.97 Å². The summed E-state index contributed by atoms with van der Waals surface area (Å²) in [5.41, 5.74) is 0.618. The third-order valence-electron chi connectivity index (χ3n) is 7.99. The number of Topliss-reactive ketones (excluding diaryl/α,β-unsaturated/α-hetero) is 1. The van der Waals surface area contributed by atoms with Crippen LogP contribution >= 0.6 is 0 Å². The van der Waals surface area contributed by atoms with Gasteiger partial charge in [-0.3, -0.25) is 4.79 Å². The number of rotatable bonds is 8. The highest BCUT2D eigenvalue weighted by Gasteiger charge is 2.74. The molecular weight excluding hydrogens is 476 g/mol. The molecule has 3 aliphatic rings. The first-order chi connectivity index (χ1) is 18.0. The Kier molecular flexibility index (Phi) is 4.88. The Morgan fingerprint density at radius 1 is 1.19 bits per heavy atom. The standard InChI is InChI=1S/C24H26N10O3/c1-2-15(35)24-8-13(24)17(18(36)19(24)37)33-11-28-16-21(27-9-12-4-5-12)29-23(30-22(16)33)34-10-14(31-32-34)20-25-6-3-7-26-20/h3,6-7,10-13,17-19,36-37H,2,4-5,8-9H2,1H3,(H,27,29,30)/t13-,17-,18-,19?,24-/m1/s1. The number of nitrogens with zero attached hydrogens (tertiary/aromatic N) is 9. The molecule has 3 fully saturated rings. The number of hydrogen-bond acceptors (Lipinski definition) is 11. The molecular formula is C24H26N10O3. The molecule has 0 amide bonds. The molecule has 4 heterocycles. The third-order valence-corrected chi connectivity index (χ3v) is 7.99. The van der Waals surface area contributed by atoms with Crippen molar-refractivity contribution < 1.29 is 15.0 Å². The number of carbonyl (C=O) groups excluding carboxylic acids is 1. The van der Waals surface area contributed by atoms with Crippen LogP contribution in [0.25, 0.3) is 28.6 Å². The molecule has 3 saturated carbocycles. The van der Waals surface area contributed by atoms with E-state index in [-0.39, 0.29) is 17.6 Å². The van der Waals surface area contributed by atoms with E-state index in [9.17, 15) is 15.0 Å². The number of fused-ring (bicyclic) bond motifs is 2. The van der Waals surface area contributed by atoms with Crippen LogP contribution in [0.5, 0.6) is 0 Å². The van der Waals surface area contributed by atoms with E-state index in [0.29, 0.717) is 47.3 Å². The van der Waals surface area contributed by atoms with Crippen molar-refractivity contribution >= 4 is 22.8 Å². The van der Waals surface area contributed by atoms with E-state index in [0.717, 1.165) is 6.54 Å². The van der Waals surface area contributed by atoms with Crippen molar-refractivity contribution in [3.8, 4) is 17.5 Å². The molecule has 37 heavy (non-hydrogen) atoms. The van der Waals surface area contributed by atoms with Crippen molar-refractivity contribution in [1.82, 2.24) is 44.5 Å². The van der Waals surface area contributed by atoms with Gasteiger partial charge in [-0.25, -0.2) is 15.0 Å². The summed E-state index contributed by atoms with van der Waals surface area (Å²) in [6.07, 6.45) is 7.50. The lowest BCUT2D eigenvalue weighted by atomic mass is 9.92. The van der Waals surface area contributed by atoms with Crippen LogP contribution < -0.4 is 5.32 Å². The van der Waals surface area contributed by atoms with Crippen LogP contribution in [0.4, 0.5) is 5.82 Å². The van der Waals surface area contributed by atoms with Crippen molar-refractivity contribution in [2.75, 3.05) is 11.9 Å². The fourth-order valence-corrected chi connectivity index (χ4v) is 5.78. The Morgan fingerprint density at radius 2 is 2.00 bits per heavy atom. The summed E-state index contributed by atoms with van der Waals surface area (Å²) in [7, 11) is 0. The number of hydrogen-bond donors (Lipinski definition) is 3. The molecule has 0 aromatic carbocycles. The van der Waals surface area contributed by atoms with Gasteiger partial charge >= 0.3 is 0 Å². The molecule has 1 unspecified atom stereocenters. The van der Waals surface area contributed by atoms with Crippen LogP contribution in [0.3, 0.4) is 0 Å². The maximum atomic E-state index is 12.7. The van der Waals surface area contributed by atoms with Crippen LogP contribution in [-0.2, 0) is 4.79 Å². The number of ketones is 1. The summed E-state index contributed by atoms with van der Waals surface area (Å²) >= 11 is 0. The average Bonchev–Trinajstić information content (AvgIpc) is 3.77. The van der Waals surface area contributed by atoms with Gasteiger partial charge in [0.2, 0.25) is 0 Å².